The molecule has 4 heteroatoms. The standard InChI is InChI=1S/C14H14O4/c1-9(2)7-8-17-14-11(15)5-3-10-4-6-12(16)18-13(10)14/h3-7,15H,8H2,1-2H3. The molecule has 94 valence electrons. The monoisotopic (exact) mass is 246 g/mol. The molecule has 0 aliphatic heterocycles. The van der Waals surface area contributed by atoms with Crippen molar-refractivity contribution in [1.82, 2.24) is 0 Å². The van der Waals surface area contributed by atoms with E-state index in [4.69, 9.17) is 9.15 Å². The highest BCUT2D eigenvalue weighted by Gasteiger charge is 2.10. The topological polar surface area (TPSA) is 59.7 Å². The quantitative estimate of drug-likeness (QED) is 0.668. The molecular formula is C14H14O4. The van der Waals surface area contributed by atoms with E-state index in [2.05, 4.69) is 0 Å². The minimum absolute atomic E-state index is 0.0426. The molecule has 1 heterocycles. The fourth-order valence-corrected chi connectivity index (χ4v) is 1.53. The molecule has 1 aromatic heterocycles. The van der Waals surface area contributed by atoms with Gasteiger partial charge in [0.25, 0.3) is 0 Å². The summed E-state index contributed by atoms with van der Waals surface area (Å²) in [5.41, 5.74) is 0.904. The van der Waals surface area contributed by atoms with Gasteiger partial charge >= 0.3 is 5.63 Å². The Labute approximate surface area is 104 Å². The second kappa shape index (κ2) is 4.96. The number of phenolic OH excluding ortho intramolecular Hbond substituents is 1. The van der Waals surface area contributed by atoms with Gasteiger partial charge in [0.1, 0.15) is 6.61 Å². The normalized spacial score (nSPS) is 10.3. The predicted molar refractivity (Wildman–Crippen MR) is 69.1 cm³/mol. The van der Waals surface area contributed by atoms with Crippen LogP contribution in [0.15, 0.2) is 45.1 Å². The van der Waals surface area contributed by atoms with Gasteiger partial charge in [0.2, 0.25) is 5.75 Å². The summed E-state index contributed by atoms with van der Waals surface area (Å²) in [6.45, 7) is 4.21. The Morgan fingerprint density at radius 1 is 1.33 bits per heavy atom. The molecule has 18 heavy (non-hydrogen) atoms. The van der Waals surface area contributed by atoms with E-state index in [1.54, 1.807) is 12.1 Å². The molecule has 0 aliphatic carbocycles. The molecule has 0 saturated heterocycles. The number of phenols is 1. The first-order valence-corrected chi connectivity index (χ1v) is 5.60. The summed E-state index contributed by atoms with van der Waals surface area (Å²) in [5, 5.41) is 10.5. The van der Waals surface area contributed by atoms with Gasteiger partial charge in [-0.3, -0.25) is 0 Å². The Balaban J connectivity index is 2.47. The van der Waals surface area contributed by atoms with Gasteiger partial charge in [-0.25, -0.2) is 4.79 Å². The number of allylic oxidation sites excluding steroid dienone is 1. The van der Waals surface area contributed by atoms with Crippen LogP contribution >= 0.6 is 0 Å². The molecule has 0 atom stereocenters. The van der Waals surface area contributed by atoms with Crippen molar-refractivity contribution in [1.29, 1.82) is 0 Å². The molecule has 2 aromatic rings. The summed E-state index contributed by atoms with van der Waals surface area (Å²) < 4.78 is 10.5. The van der Waals surface area contributed by atoms with Crippen LogP contribution in [0.25, 0.3) is 11.0 Å². The molecule has 4 nitrogen and oxygen atoms in total. The predicted octanol–water partition coefficient (Wildman–Crippen LogP) is 2.84. The molecule has 0 spiro atoms. The van der Waals surface area contributed by atoms with E-state index in [0.29, 0.717) is 12.0 Å². The van der Waals surface area contributed by atoms with Crippen molar-refractivity contribution >= 4 is 11.0 Å². The molecule has 0 bridgehead atoms. The Morgan fingerprint density at radius 2 is 2.06 bits per heavy atom. The van der Waals surface area contributed by atoms with E-state index in [0.717, 1.165) is 5.57 Å². The van der Waals surface area contributed by atoms with Crippen molar-refractivity contribution in [3.05, 3.63) is 46.3 Å². The Kier molecular flexibility index (Phi) is 3.37. The summed E-state index contributed by atoms with van der Waals surface area (Å²) in [7, 11) is 0. The summed E-state index contributed by atoms with van der Waals surface area (Å²) in [6, 6.07) is 6.15. The maximum absolute atomic E-state index is 11.2. The van der Waals surface area contributed by atoms with Gasteiger partial charge < -0.3 is 14.3 Å². The molecule has 0 radical (unpaired) electrons. The number of fused-ring (bicyclic) bond motifs is 1. The average Bonchev–Trinajstić information content (AvgIpc) is 2.31. The van der Waals surface area contributed by atoms with Crippen LogP contribution in [0.1, 0.15) is 13.8 Å². The van der Waals surface area contributed by atoms with Crippen LogP contribution in [0.3, 0.4) is 0 Å². The zero-order valence-electron chi connectivity index (χ0n) is 10.3. The van der Waals surface area contributed by atoms with Gasteiger partial charge in [-0.2, -0.15) is 0 Å². The summed E-state index contributed by atoms with van der Waals surface area (Å²) in [6.07, 6.45) is 1.87. The molecular weight excluding hydrogens is 232 g/mol. The van der Waals surface area contributed by atoms with Gasteiger partial charge in [0.05, 0.1) is 0 Å². The van der Waals surface area contributed by atoms with Crippen LogP contribution in [0.4, 0.5) is 0 Å². The number of benzene rings is 1. The number of hydrogen-bond acceptors (Lipinski definition) is 4. The van der Waals surface area contributed by atoms with Crippen molar-refractivity contribution in [2.75, 3.05) is 6.61 Å². The van der Waals surface area contributed by atoms with Gasteiger partial charge in [-0.05, 0) is 38.1 Å². The average molecular weight is 246 g/mol. The lowest BCUT2D eigenvalue weighted by Crippen LogP contribution is -1.99. The first-order valence-electron chi connectivity index (χ1n) is 5.60. The summed E-state index contributed by atoms with van der Waals surface area (Å²) in [5.74, 6) is 0.154. The maximum Gasteiger partial charge on any atom is 0.336 e. The summed E-state index contributed by atoms with van der Waals surface area (Å²) in [4.78, 5) is 11.2. The van der Waals surface area contributed by atoms with Crippen molar-refractivity contribution in [2.24, 2.45) is 0 Å². The molecule has 0 amide bonds. The van der Waals surface area contributed by atoms with Crippen LogP contribution < -0.4 is 10.4 Å². The van der Waals surface area contributed by atoms with Crippen molar-refractivity contribution in [3.63, 3.8) is 0 Å². The van der Waals surface area contributed by atoms with Crippen LogP contribution in [-0.4, -0.2) is 11.7 Å². The molecule has 0 unspecified atom stereocenters. The minimum Gasteiger partial charge on any atom is -0.504 e. The molecule has 1 N–H and O–H groups in total. The number of aromatic hydroxyl groups is 1. The van der Waals surface area contributed by atoms with E-state index in [1.807, 2.05) is 19.9 Å². The molecule has 1 aromatic carbocycles. The lowest BCUT2D eigenvalue weighted by atomic mass is 10.2. The third-order valence-corrected chi connectivity index (χ3v) is 2.44. The van der Waals surface area contributed by atoms with Crippen molar-refractivity contribution in [2.45, 2.75) is 13.8 Å². The third-order valence-electron chi connectivity index (χ3n) is 2.44. The SMILES string of the molecule is CC(C)=CCOc1c(O)ccc2ccc(=O)oc12. The zero-order chi connectivity index (χ0) is 13.1. The molecule has 0 saturated carbocycles. The Hall–Kier alpha value is -2.23. The second-order valence-corrected chi connectivity index (χ2v) is 4.18. The molecule has 2 rings (SSSR count). The Bertz CT molecular complexity index is 648. The fourth-order valence-electron chi connectivity index (χ4n) is 1.53. The van der Waals surface area contributed by atoms with E-state index in [1.165, 1.54) is 12.1 Å². The first kappa shape index (κ1) is 12.2. The zero-order valence-corrected chi connectivity index (χ0v) is 10.3. The van der Waals surface area contributed by atoms with Gasteiger partial charge in [0.15, 0.2) is 11.3 Å². The molecule has 0 aliphatic rings. The van der Waals surface area contributed by atoms with Gasteiger partial charge in [0, 0.05) is 11.5 Å². The smallest absolute Gasteiger partial charge is 0.336 e. The second-order valence-electron chi connectivity index (χ2n) is 4.18. The maximum atomic E-state index is 11.2. The lowest BCUT2D eigenvalue weighted by Gasteiger charge is -2.08. The number of rotatable bonds is 3. The van der Waals surface area contributed by atoms with Gasteiger partial charge in [-0.1, -0.05) is 5.57 Å². The van der Waals surface area contributed by atoms with Crippen LogP contribution in [-0.2, 0) is 0 Å². The fraction of sp³-hybridized carbons (Fsp3) is 0.214. The summed E-state index contributed by atoms with van der Waals surface area (Å²) >= 11 is 0. The van der Waals surface area contributed by atoms with Crippen LogP contribution in [0, 0.1) is 0 Å². The first-order chi connectivity index (χ1) is 8.58. The van der Waals surface area contributed by atoms with Crippen LogP contribution in [0.2, 0.25) is 0 Å². The van der Waals surface area contributed by atoms with E-state index >= 15 is 0 Å². The largest absolute Gasteiger partial charge is 0.504 e. The van der Waals surface area contributed by atoms with Crippen LogP contribution in [0.5, 0.6) is 11.5 Å². The number of hydrogen-bond donors (Lipinski definition) is 1. The highest BCUT2D eigenvalue weighted by Crippen LogP contribution is 2.33. The van der Waals surface area contributed by atoms with E-state index < -0.39 is 5.63 Å². The van der Waals surface area contributed by atoms with Crippen molar-refractivity contribution < 1.29 is 14.3 Å². The van der Waals surface area contributed by atoms with E-state index in [-0.39, 0.29) is 17.1 Å². The molecule has 0 fully saturated rings. The third kappa shape index (κ3) is 2.53. The number of ether oxygens (including phenoxy) is 1. The van der Waals surface area contributed by atoms with Crippen molar-refractivity contribution in [3.8, 4) is 11.5 Å². The van der Waals surface area contributed by atoms with Gasteiger partial charge in [-0.15, -0.1) is 0 Å². The van der Waals surface area contributed by atoms with E-state index in [9.17, 15) is 9.90 Å². The highest BCUT2D eigenvalue weighted by molar-refractivity contribution is 5.84. The minimum atomic E-state index is -0.472. The lowest BCUT2D eigenvalue weighted by molar-refractivity contribution is 0.332. The Morgan fingerprint density at radius 3 is 2.78 bits per heavy atom. The highest BCUT2D eigenvalue weighted by atomic mass is 16.5.